The first-order valence-electron chi connectivity index (χ1n) is 8.56. The minimum absolute atomic E-state index is 0.0325. The molecule has 0 unspecified atom stereocenters. The molecule has 4 rings (SSSR count). The van der Waals surface area contributed by atoms with Crippen molar-refractivity contribution in [2.45, 2.75) is 11.6 Å². The first-order chi connectivity index (χ1) is 14.1. The lowest BCUT2D eigenvalue weighted by Gasteiger charge is -2.10. The van der Waals surface area contributed by atoms with Gasteiger partial charge in [0.15, 0.2) is 0 Å². The lowest BCUT2D eigenvalue weighted by atomic mass is 10.2. The summed E-state index contributed by atoms with van der Waals surface area (Å²) in [5.41, 5.74) is 1.34. The van der Waals surface area contributed by atoms with Gasteiger partial charge in [-0.1, -0.05) is 47.6 Å². The predicted molar refractivity (Wildman–Crippen MR) is 110 cm³/mol. The van der Waals surface area contributed by atoms with Crippen LogP contribution in [0.1, 0.15) is 6.42 Å². The Kier molecular flexibility index (Phi) is 5.59. The van der Waals surface area contributed by atoms with Crippen LogP contribution in [-0.2, 0) is 9.59 Å². The number of hydrazone groups is 1. The van der Waals surface area contributed by atoms with E-state index < -0.39 is 0 Å². The van der Waals surface area contributed by atoms with Crippen molar-refractivity contribution in [3.05, 3.63) is 59.6 Å². The summed E-state index contributed by atoms with van der Waals surface area (Å²) in [5.74, 6) is 0.130. The lowest BCUT2D eigenvalue weighted by molar-refractivity contribution is -0.117. The molecule has 1 aliphatic rings. The molecule has 146 valence electrons. The number of amidine groups is 1. The quantitative estimate of drug-likeness (QED) is 0.626. The van der Waals surface area contributed by atoms with Crippen LogP contribution in [0.15, 0.2) is 69.3 Å². The summed E-state index contributed by atoms with van der Waals surface area (Å²) in [7, 11) is 0. The second kappa shape index (κ2) is 8.46. The van der Waals surface area contributed by atoms with Crippen molar-refractivity contribution in [2.24, 2.45) is 5.10 Å². The van der Waals surface area contributed by atoms with Gasteiger partial charge in [-0.15, -0.1) is 10.2 Å². The van der Waals surface area contributed by atoms with Gasteiger partial charge in [0.25, 0.3) is 11.1 Å². The molecule has 0 saturated heterocycles. The number of halogens is 1. The van der Waals surface area contributed by atoms with Crippen molar-refractivity contribution in [3.8, 4) is 11.5 Å². The van der Waals surface area contributed by atoms with E-state index in [1.54, 1.807) is 36.4 Å². The summed E-state index contributed by atoms with van der Waals surface area (Å²) in [4.78, 5) is 24.3. The van der Waals surface area contributed by atoms with Crippen molar-refractivity contribution in [3.63, 3.8) is 0 Å². The molecule has 0 atom stereocenters. The molecule has 8 nitrogen and oxygen atoms in total. The third-order valence-electron chi connectivity index (χ3n) is 3.86. The molecule has 2 aromatic carbocycles. The van der Waals surface area contributed by atoms with Crippen LogP contribution in [0.25, 0.3) is 11.5 Å². The maximum atomic E-state index is 12.2. The van der Waals surface area contributed by atoms with Crippen LogP contribution >= 0.6 is 23.4 Å². The Balaban J connectivity index is 1.33. The molecule has 2 amide bonds. The topological polar surface area (TPSA) is 101 Å². The molecular formula is C19H14ClN5O3S. The molecule has 1 aliphatic heterocycles. The lowest BCUT2D eigenvalue weighted by Crippen LogP contribution is -2.31. The van der Waals surface area contributed by atoms with E-state index in [4.69, 9.17) is 16.0 Å². The van der Waals surface area contributed by atoms with Gasteiger partial charge in [-0.05, 0) is 30.3 Å². The molecule has 0 spiro atoms. The number of nitrogens with zero attached hydrogens (tertiary/aromatic N) is 4. The van der Waals surface area contributed by atoms with Crippen molar-refractivity contribution in [1.82, 2.24) is 15.5 Å². The second-order valence-electron chi connectivity index (χ2n) is 5.98. The molecule has 1 aromatic heterocycles. The van der Waals surface area contributed by atoms with E-state index in [9.17, 15) is 9.59 Å². The molecule has 0 saturated carbocycles. The second-order valence-corrected chi connectivity index (χ2v) is 7.35. The highest BCUT2D eigenvalue weighted by molar-refractivity contribution is 7.99. The highest BCUT2D eigenvalue weighted by atomic mass is 35.5. The number of benzene rings is 2. The summed E-state index contributed by atoms with van der Waals surface area (Å²) in [5, 5.41) is 16.8. The summed E-state index contributed by atoms with van der Waals surface area (Å²) in [6.07, 6.45) is 0.0325. The summed E-state index contributed by atoms with van der Waals surface area (Å²) in [6.45, 7) is 0. The van der Waals surface area contributed by atoms with Gasteiger partial charge < -0.3 is 9.73 Å². The van der Waals surface area contributed by atoms with E-state index in [0.717, 1.165) is 11.8 Å². The van der Waals surface area contributed by atoms with Crippen LogP contribution < -0.4 is 10.3 Å². The Bertz CT molecular complexity index is 1090. The Hall–Kier alpha value is -3.17. The smallest absolute Gasteiger partial charge is 0.277 e. The number of hydrogen-bond donors (Lipinski definition) is 1. The van der Waals surface area contributed by atoms with Gasteiger partial charge in [0, 0.05) is 10.6 Å². The number of amides is 2. The summed E-state index contributed by atoms with van der Waals surface area (Å²) in [6, 6.07) is 16.1. The minimum atomic E-state index is -0.320. The molecule has 0 aliphatic carbocycles. The fraction of sp³-hybridized carbons (Fsp3) is 0.105. The number of rotatable bonds is 5. The van der Waals surface area contributed by atoms with E-state index in [2.05, 4.69) is 20.6 Å². The zero-order valence-electron chi connectivity index (χ0n) is 14.9. The van der Waals surface area contributed by atoms with Gasteiger partial charge >= 0.3 is 0 Å². The fourth-order valence-corrected chi connectivity index (χ4v) is 3.35. The third-order valence-corrected chi connectivity index (χ3v) is 4.92. The highest BCUT2D eigenvalue weighted by Gasteiger charge is 2.26. The van der Waals surface area contributed by atoms with E-state index in [-0.39, 0.29) is 29.2 Å². The van der Waals surface area contributed by atoms with Gasteiger partial charge in [-0.2, -0.15) is 10.1 Å². The Morgan fingerprint density at radius 2 is 2.00 bits per heavy atom. The number of carbonyl (C=O) groups is 2. The number of anilines is 1. The van der Waals surface area contributed by atoms with Gasteiger partial charge in [-0.3, -0.25) is 9.59 Å². The molecule has 29 heavy (non-hydrogen) atoms. The molecule has 1 N–H and O–H groups in total. The van der Waals surface area contributed by atoms with Gasteiger partial charge in [0.2, 0.25) is 11.8 Å². The molecule has 0 bridgehead atoms. The Morgan fingerprint density at radius 3 is 2.79 bits per heavy atom. The molecule has 2 heterocycles. The van der Waals surface area contributed by atoms with Crippen LogP contribution in [0, 0.1) is 0 Å². The number of thioether (sulfide) groups is 1. The van der Waals surface area contributed by atoms with Gasteiger partial charge in [0.05, 0.1) is 17.9 Å². The van der Waals surface area contributed by atoms with Crippen LogP contribution in [0.4, 0.5) is 5.69 Å². The zero-order valence-corrected chi connectivity index (χ0v) is 16.5. The molecule has 0 fully saturated rings. The Morgan fingerprint density at radius 1 is 1.17 bits per heavy atom. The van der Waals surface area contributed by atoms with Crippen LogP contribution in [0.2, 0.25) is 5.02 Å². The fourth-order valence-electron chi connectivity index (χ4n) is 2.60. The molecule has 3 aromatic rings. The number of para-hydroxylation sites is 1. The highest BCUT2D eigenvalue weighted by Crippen LogP contribution is 2.25. The largest absolute Gasteiger partial charge is 0.411 e. The first-order valence-corrected chi connectivity index (χ1v) is 9.92. The average Bonchev–Trinajstić information content (AvgIpc) is 3.34. The van der Waals surface area contributed by atoms with Crippen molar-refractivity contribution < 1.29 is 14.0 Å². The Labute approximate surface area is 174 Å². The van der Waals surface area contributed by atoms with Crippen LogP contribution in [0.5, 0.6) is 0 Å². The van der Waals surface area contributed by atoms with Crippen molar-refractivity contribution in [1.29, 1.82) is 0 Å². The number of carbonyl (C=O) groups excluding carboxylic acids is 2. The maximum Gasteiger partial charge on any atom is 0.277 e. The normalized spacial score (nSPS) is 13.5. The molecule has 10 heteroatoms. The summed E-state index contributed by atoms with van der Waals surface area (Å²) >= 11 is 7.05. The molecule has 0 radical (unpaired) electrons. The zero-order chi connectivity index (χ0) is 20.2. The SMILES string of the molecule is O=C(CSc1nnc(-c2cccc(Cl)c2)o1)NC1=NN(c2ccccc2)C(=O)C1. The van der Waals surface area contributed by atoms with E-state index >= 15 is 0 Å². The van der Waals surface area contributed by atoms with Gasteiger partial charge in [-0.25, -0.2) is 0 Å². The van der Waals surface area contributed by atoms with Crippen LogP contribution in [0.3, 0.4) is 0 Å². The summed E-state index contributed by atoms with van der Waals surface area (Å²) < 4.78 is 5.55. The minimum Gasteiger partial charge on any atom is -0.411 e. The number of hydrogen-bond acceptors (Lipinski definition) is 7. The van der Waals surface area contributed by atoms with Crippen LogP contribution in [-0.4, -0.2) is 33.6 Å². The predicted octanol–water partition coefficient (Wildman–Crippen LogP) is 3.35. The van der Waals surface area contributed by atoms with E-state index in [1.807, 2.05) is 18.2 Å². The average molecular weight is 428 g/mol. The van der Waals surface area contributed by atoms with Crippen molar-refractivity contribution >= 4 is 46.7 Å². The maximum absolute atomic E-state index is 12.2. The molecular weight excluding hydrogens is 414 g/mol. The number of aromatic nitrogens is 2. The first kappa shape index (κ1) is 19.2. The van der Waals surface area contributed by atoms with Crippen molar-refractivity contribution in [2.75, 3.05) is 10.8 Å². The number of nitrogens with one attached hydrogen (secondary N) is 1. The van der Waals surface area contributed by atoms with E-state index in [1.165, 1.54) is 5.01 Å². The third kappa shape index (κ3) is 4.64. The van der Waals surface area contributed by atoms with Gasteiger partial charge in [0.1, 0.15) is 5.84 Å². The van der Waals surface area contributed by atoms with E-state index in [0.29, 0.717) is 28.0 Å². The monoisotopic (exact) mass is 427 g/mol. The standard InChI is InChI=1S/C19H14ClN5O3S/c20-13-6-4-5-12(9-13)18-22-23-19(28-18)29-11-16(26)21-15-10-17(27)25(24-15)14-7-2-1-3-8-14/h1-9H,10-11H2,(H,21,24,26).